The molecule has 0 bridgehead atoms. The van der Waals surface area contributed by atoms with Gasteiger partial charge in [0, 0.05) is 23.2 Å². The molecule has 0 aromatic heterocycles. The van der Waals surface area contributed by atoms with Gasteiger partial charge in [-0.2, -0.15) is 0 Å². The van der Waals surface area contributed by atoms with Crippen LogP contribution in [-0.4, -0.2) is 11.7 Å². The Kier molecular flexibility index (Phi) is 6.04. The van der Waals surface area contributed by atoms with Gasteiger partial charge in [0.05, 0.1) is 0 Å². The highest BCUT2D eigenvalue weighted by atomic mass is 35.5. The van der Waals surface area contributed by atoms with Crippen molar-refractivity contribution in [2.45, 2.75) is 12.5 Å². The molecule has 1 aromatic carbocycles. The lowest BCUT2D eigenvalue weighted by Gasteiger charge is -2.11. The molecule has 0 aliphatic heterocycles. The Hall–Kier alpha value is -0.350. The van der Waals surface area contributed by atoms with Gasteiger partial charge in [0.25, 0.3) is 0 Å². The van der Waals surface area contributed by atoms with Crippen LogP contribution in [0, 0.1) is 5.82 Å². The molecule has 3 N–H and O–H groups in total. The molecular weight excluding hydrogens is 228 g/mol. The predicted octanol–water partition coefficient (Wildman–Crippen LogP) is 2.28. The van der Waals surface area contributed by atoms with Gasteiger partial charge in [-0.15, -0.1) is 12.4 Å². The van der Waals surface area contributed by atoms with Crippen LogP contribution in [0.1, 0.15) is 18.0 Å². The average Bonchev–Trinajstić information content (AvgIpc) is 2.04. The van der Waals surface area contributed by atoms with Crippen LogP contribution in [0.5, 0.6) is 0 Å². The molecule has 1 unspecified atom stereocenters. The molecule has 14 heavy (non-hydrogen) atoms. The number of nitrogens with two attached hydrogens (primary N) is 1. The van der Waals surface area contributed by atoms with E-state index in [2.05, 4.69) is 0 Å². The van der Waals surface area contributed by atoms with Crippen LogP contribution in [0.3, 0.4) is 0 Å². The molecule has 0 fully saturated rings. The van der Waals surface area contributed by atoms with Gasteiger partial charge in [-0.1, -0.05) is 17.7 Å². The normalized spacial score (nSPS) is 12.0. The van der Waals surface area contributed by atoms with E-state index >= 15 is 0 Å². The van der Waals surface area contributed by atoms with Crippen molar-refractivity contribution in [1.29, 1.82) is 0 Å². The molecule has 1 atom stereocenters. The summed E-state index contributed by atoms with van der Waals surface area (Å²) in [6, 6.07) is 3.87. The summed E-state index contributed by atoms with van der Waals surface area (Å²) < 4.78 is 13.2. The summed E-state index contributed by atoms with van der Waals surface area (Å²) in [5, 5.41) is 8.96. The molecule has 0 spiro atoms. The molecule has 0 aliphatic rings. The summed E-state index contributed by atoms with van der Waals surface area (Å²) >= 11 is 5.57. The monoisotopic (exact) mass is 239 g/mol. The fourth-order valence-electron chi connectivity index (χ4n) is 1.10. The van der Waals surface area contributed by atoms with Crippen LogP contribution in [0.25, 0.3) is 0 Å². The first-order chi connectivity index (χ1) is 6.15. The van der Waals surface area contributed by atoms with Gasteiger partial charge in [-0.25, -0.2) is 4.39 Å². The molecule has 2 nitrogen and oxygen atoms in total. The topological polar surface area (TPSA) is 46.2 Å². The minimum atomic E-state index is -0.470. The number of halogens is 3. The number of aliphatic hydroxyl groups excluding tert-OH is 1. The Morgan fingerprint density at radius 1 is 1.50 bits per heavy atom. The second kappa shape index (κ2) is 6.19. The first kappa shape index (κ1) is 13.7. The van der Waals surface area contributed by atoms with Crippen molar-refractivity contribution in [3.8, 4) is 0 Å². The van der Waals surface area contributed by atoms with Gasteiger partial charge in [0.15, 0.2) is 0 Å². The van der Waals surface area contributed by atoms with Gasteiger partial charge < -0.3 is 10.8 Å². The largest absolute Gasteiger partial charge is 0.396 e. The van der Waals surface area contributed by atoms with E-state index in [9.17, 15) is 4.39 Å². The number of hydrogen-bond donors (Lipinski definition) is 2. The third kappa shape index (κ3) is 3.42. The van der Waals surface area contributed by atoms with Crippen LogP contribution in [-0.2, 0) is 0 Å². The fourth-order valence-corrected chi connectivity index (χ4v) is 1.26. The number of aliphatic hydroxyl groups is 1. The molecular formula is C9H12Cl2FNO. The lowest BCUT2D eigenvalue weighted by atomic mass is 10.0. The Balaban J connectivity index is 0.00000169. The molecule has 1 aromatic rings. The maximum absolute atomic E-state index is 13.2. The van der Waals surface area contributed by atoms with Crippen LogP contribution in [0.2, 0.25) is 5.02 Å². The van der Waals surface area contributed by atoms with E-state index in [1.54, 1.807) is 6.07 Å². The molecule has 0 heterocycles. The third-order valence-corrected chi connectivity index (χ3v) is 2.04. The van der Waals surface area contributed by atoms with E-state index in [0.717, 1.165) is 0 Å². The van der Waals surface area contributed by atoms with E-state index in [1.165, 1.54) is 12.1 Å². The van der Waals surface area contributed by atoms with Crippen LogP contribution < -0.4 is 5.73 Å². The first-order valence-corrected chi connectivity index (χ1v) is 4.34. The zero-order chi connectivity index (χ0) is 9.84. The minimum absolute atomic E-state index is 0. The van der Waals surface area contributed by atoms with Crippen molar-refractivity contribution in [2.75, 3.05) is 6.61 Å². The minimum Gasteiger partial charge on any atom is -0.396 e. The van der Waals surface area contributed by atoms with Crippen molar-refractivity contribution >= 4 is 24.0 Å². The zero-order valence-corrected chi connectivity index (χ0v) is 8.98. The van der Waals surface area contributed by atoms with E-state index in [4.69, 9.17) is 22.4 Å². The molecule has 0 radical (unpaired) electrons. The van der Waals surface area contributed by atoms with Crippen molar-refractivity contribution in [2.24, 2.45) is 5.73 Å². The second-order valence-corrected chi connectivity index (χ2v) is 3.22. The Bertz CT molecular complexity index is 296. The lowest BCUT2D eigenvalue weighted by Crippen LogP contribution is -2.13. The van der Waals surface area contributed by atoms with Crippen molar-refractivity contribution in [3.05, 3.63) is 34.6 Å². The molecule has 0 saturated carbocycles. The molecule has 80 valence electrons. The maximum atomic E-state index is 13.2. The molecule has 5 heteroatoms. The quantitative estimate of drug-likeness (QED) is 0.851. The number of benzene rings is 1. The smallest absolute Gasteiger partial charge is 0.129 e. The third-order valence-electron chi connectivity index (χ3n) is 1.80. The van der Waals surface area contributed by atoms with Gasteiger partial charge in [-0.3, -0.25) is 0 Å². The van der Waals surface area contributed by atoms with Gasteiger partial charge >= 0.3 is 0 Å². The van der Waals surface area contributed by atoms with E-state index in [-0.39, 0.29) is 19.0 Å². The van der Waals surface area contributed by atoms with Gasteiger partial charge in [0.1, 0.15) is 5.82 Å². The molecule has 0 saturated heterocycles. The van der Waals surface area contributed by atoms with E-state index in [1.807, 2.05) is 0 Å². The highest BCUT2D eigenvalue weighted by Crippen LogP contribution is 2.20. The summed E-state index contributed by atoms with van der Waals surface area (Å²) in [4.78, 5) is 0. The molecule has 0 aliphatic carbocycles. The summed E-state index contributed by atoms with van der Waals surface area (Å²) in [7, 11) is 0. The highest BCUT2D eigenvalue weighted by Gasteiger charge is 2.10. The Morgan fingerprint density at radius 3 is 2.64 bits per heavy atom. The summed E-state index contributed by atoms with van der Waals surface area (Å²) in [6.45, 7) is -0.0523. The van der Waals surface area contributed by atoms with Crippen molar-refractivity contribution in [1.82, 2.24) is 0 Å². The summed E-state index contributed by atoms with van der Waals surface area (Å²) in [6.07, 6.45) is 0.346. The zero-order valence-electron chi connectivity index (χ0n) is 7.41. The van der Waals surface area contributed by atoms with Gasteiger partial charge in [0.2, 0.25) is 0 Å². The molecule has 0 amide bonds. The maximum Gasteiger partial charge on any atom is 0.129 e. The summed E-state index contributed by atoms with van der Waals surface area (Å²) in [5.41, 5.74) is 6.00. The number of hydrogen-bond acceptors (Lipinski definition) is 2. The Morgan fingerprint density at radius 2 is 2.14 bits per heavy atom. The first-order valence-electron chi connectivity index (χ1n) is 3.96. The SMILES string of the molecule is Cl.NC(CCO)c1ccc(Cl)cc1F. The van der Waals surface area contributed by atoms with E-state index < -0.39 is 11.9 Å². The second-order valence-electron chi connectivity index (χ2n) is 2.78. The van der Waals surface area contributed by atoms with Crippen LogP contribution in [0.15, 0.2) is 18.2 Å². The highest BCUT2D eigenvalue weighted by molar-refractivity contribution is 6.30. The average molecular weight is 240 g/mol. The van der Waals surface area contributed by atoms with Crippen molar-refractivity contribution in [3.63, 3.8) is 0 Å². The van der Waals surface area contributed by atoms with Crippen LogP contribution >= 0.6 is 24.0 Å². The van der Waals surface area contributed by atoms with Crippen molar-refractivity contribution < 1.29 is 9.50 Å². The van der Waals surface area contributed by atoms with Crippen LogP contribution in [0.4, 0.5) is 4.39 Å². The summed E-state index contributed by atoms with van der Waals surface area (Å²) in [5.74, 6) is -0.423. The van der Waals surface area contributed by atoms with Gasteiger partial charge in [-0.05, 0) is 18.6 Å². The predicted molar refractivity (Wildman–Crippen MR) is 57.3 cm³/mol. The molecule has 1 rings (SSSR count). The fraction of sp³-hybridized carbons (Fsp3) is 0.333. The lowest BCUT2D eigenvalue weighted by molar-refractivity contribution is 0.275. The number of rotatable bonds is 3. The Labute approximate surface area is 93.3 Å². The van der Waals surface area contributed by atoms with E-state index in [0.29, 0.717) is 17.0 Å². The standard InChI is InChI=1S/C9H11ClFNO.ClH/c10-6-1-2-7(8(11)5-6)9(12)3-4-13;/h1-2,5,9,13H,3-4,12H2;1H.